The molecule has 0 spiro atoms. The minimum Gasteiger partial charge on any atom is -0.319 e. The summed E-state index contributed by atoms with van der Waals surface area (Å²) >= 11 is 6.19. The number of aromatic nitrogens is 2. The van der Waals surface area contributed by atoms with Crippen LogP contribution in [0.1, 0.15) is 11.1 Å². The minimum atomic E-state index is 0.724. The summed E-state index contributed by atoms with van der Waals surface area (Å²) in [6.45, 7) is 2.89. The third kappa shape index (κ3) is 2.81. The Kier molecular flexibility index (Phi) is 3.83. The van der Waals surface area contributed by atoms with Crippen LogP contribution in [0.25, 0.3) is 22.4 Å². The van der Waals surface area contributed by atoms with E-state index in [1.54, 1.807) is 0 Å². The number of rotatable bonds is 3. The molecule has 0 fully saturated rings. The van der Waals surface area contributed by atoms with Crippen molar-refractivity contribution in [2.24, 2.45) is 0 Å². The van der Waals surface area contributed by atoms with Gasteiger partial charge in [-0.3, -0.25) is 0 Å². The largest absolute Gasteiger partial charge is 0.319 e. The molecular formula is C21H17ClN2. The molecule has 4 aromatic rings. The number of halogens is 1. The van der Waals surface area contributed by atoms with Gasteiger partial charge in [0, 0.05) is 17.1 Å². The second-order valence-electron chi connectivity index (χ2n) is 6.01. The van der Waals surface area contributed by atoms with E-state index in [0.717, 1.165) is 34.0 Å². The Hall–Kier alpha value is -2.58. The van der Waals surface area contributed by atoms with Gasteiger partial charge in [-0.15, -0.1) is 0 Å². The molecule has 0 aliphatic heterocycles. The molecule has 0 saturated carbocycles. The van der Waals surface area contributed by atoms with Crippen molar-refractivity contribution in [1.82, 2.24) is 9.55 Å². The lowest BCUT2D eigenvalue weighted by molar-refractivity contribution is 0.834. The third-order valence-electron chi connectivity index (χ3n) is 4.20. The highest BCUT2D eigenvalue weighted by Crippen LogP contribution is 2.27. The first kappa shape index (κ1) is 15.0. The third-order valence-corrected chi connectivity index (χ3v) is 4.43. The summed E-state index contributed by atoms with van der Waals surface area (Å²) in [4.78, 5) is 4.84. The van der Waals surface area contributed by atoms with Crippen LogP contribution in [0, 0.1) is 6.92 Å². The van der Waals surface area contributed by atoms with Crippen molar-refractivity contribution in [2.45, 2.75) is 13.5 Å². The zero-order valence-corrected chi connectivity index (χ0v) is 14.2. The van der Waals surface area contributed by atoms with Crippen molar-refractivity contribution >= 4 is 22.6 Å². The van der Waals surface area contributed by atoms with Gasteiger partial charge in [-0.1, -0.05) is 65.7 Å². The summed E-state index contributed by atoms with van der Waals surface area (Å²) in [5.41, 5.74) is 5.69. The average molecular weight is 333 g/mol. The lowest BCUT2D eigenvalue weighted by atomic mass is 10.1. The predicted molar refractivity (Wildman–Crippen MR) is 100 cm³/mol. The van der Waals surface area contributed by atoms with E-state index in [1.807, 2.05) is 24.3 Å². The lowest BCUT2D eigenvalue weighted by Crippen LogP contribution is -2.02. The summed E-state index contributed by atoms with van der Waals surface area (Å²) in [5, 5.41) is 0.724. The molecular weight excluding hydrogens is 316 g/mol. The Labute approximate surface area is 146 Å². The van der Waals surface area contributed by atoms with E-state index in [4.69, 9.17) is 16.6 Å². The van der Waals surface area contributed by atoms with E-state index in [9.17, 15) is 0 Å². The fourth-order valence-corrected chi connectivity index (χ4v) is 3.15. The van der Waals surface area contributed by atoms with Crippen LogP contribution in [0.3, 0.4) is 0 Å². The van der Waals surface area contributed by atoms with Gasteiger partial charge < -0.3 is 4.57 Å². The zero-order valence-electron chi connectivity index (χ0n) is 13.4. The van der Waals surface area contributed by atoms with E-state index >= 15 is 0 Å². The number of aryl methyl sites for hydroxylation is 1. The van der Waals surface area contributed by atoms with Crippen molar-refractivity contribution in [3.63, 3.8) is 0 Å². The second-order valence-corrected chi connectivity index (χ2v) is 6.44. The van der Waals surface area contributed by atoms with E-state index in [1.165, 1.54) is 11.1 Å². The fraction of sp³-hybridized carbons (Fsp3) is 0.0952. The summed E-state index contributed by atoms with van der Waals surface area (Å²) in [6, 6.07) is 24.8. The quantitative estimate of drug-likeness (QED) is 0.469. The Bertz CT molecular complexity index is 1000. The molecule has 24 heavy (non-hydrogen) atoms. The minimum absolute atomic E-state index is 0.724. The molecule has 118 valence electrons. The highest BCUT2D eigenvalue weighted by Gasteiger charge is 2.13. The topological polar surface area (TPSA) is 17.8 Å². The van der Waals surface area contributed by atoms with Crippen molar-refractivity contribution < 1.29 is 0 Å². The summed E-state index contributed by atoms with van der Waals surface area (Å²) in [5.74, 6) is 0.944. The number of hydrogen-bond donors (Lipinski definition) is 0. The van der Waals surface area contributed by atoms with E-state index in [-0.39, 0.29) is 0 Å². The first-order chi connectivity index (χ1) is 11.7. The molecule has 0 unspecified atom stereocenters. The van der Waals surface area contributed by atoms with Crippen molar-refractivity contribution in [3.8, 4) is 11.4 Å². The maximum absolute atomic E-state index is 6.19. The van der Waals surface area contributed by atoms with E-state index < -0.39 is 0 Å². The maximum atomic E-state index is 6.19. The first-order valence-electron chi connectivity index (χ1n) is 7.97. The number of hydrogen-bond acceptors (Lipinski definition) is 1. The highest BCUT2D eigenvalue weighted by molar-refractivity contribution is 6.30. The van der Waals surface area contributed by atoms with Gasteiger partial charge in [0.25, 0.3) is 0 Å². The van der Waals surface area contributed by atoms with E-state index in [0.29, 0.717) is 0 Å². The molecule has 0 N–H and O–H groups in total. The normalized spacial score (nSPS) is 11.1. The molecule has 0 atom stereocenters. The van der Waals surface area contributed by atoms with Gasteiger partial charge in [0.15, 0.2) is 0 Å². The molecule has 3 heteroatoms. The summed E-state index contributed by atoms with van der Waals surface area (Å²) in [7, 11) is 0. The van der Waals surface area contributed by atoms with Crippen LogP contribution in [0.15, 0.2) is 72.8 Å². The van der Waals surface area contributed by atoms with Gasteiger partial charge in [0.2, 0.25) is 0 Å². The van der Waals surface area contributed by atoms with Gasteiger partial charge in [0.1, 0.15) is 5.82 Å². The van der Waals surface area contributed by atoms with E-state index in [2.05, 4.69) is 60.0 Å². The van der Waals surface area contributed by atoms with Gasteiger partial charge in [-0.25, -0.2) is 4.98 Å². The molecule has 1 aromatic heterocycles. The number of para-hydroxylation sites is 2. The molecule has 2 nitrogen and oxygen atoms in total. The number of benzene rings is 3. The zero-order chi connectivity index (χ0) is 16.5. The van der Waals surface area contributed by atoms with Gasteiger partial charge in [-0.2, -0.15) is 0 Å². The highest BCUT2D eigenvalue weighted by atomic mass is 35.5. The van der Waals surface area contributed by atoms with Crippen LogP contribution >= 0.6 is 11.6 Å². The molecule has 1 heterocycles. The molecule has 0 bridgehead atoms. The van der Waals surface area contributed by atoms with Crippen LogP contribution in [0.4, 0.5) is 0 Å². The monoisotopic (exact) mass is 332 g/mol. The van der Waals surface area contributed by atoms with Crippen LogP contribution in [-0.2, 0) is 6.54 Å². The van der Waals surface area contributed by atoms with Crippen molar-refractivity contribution in [1.29, 1.82) is 0 Å². The van der Waals surface area contributed by atoms with Crippen LogP contribution < -0.4 is 0 Å². The molecule has 3 aromatic carbocycles. The molecule has 4 rings (SSSR count). The SMILES string of the molecule is Cc1ccc(Cn2c(-c3cccc(Cl)c3)nc3ccccc32)cc1. The molecule has 0 saturated heterocycles. The van der Waals surface area contributed by atoms with Crippen LogP contribution in [0.2, 0.25) is 5.02 Å². The number of nitrogens with zero attached hydrogens (tertiary/aromatic N) is 2. The molecule has 0 aliphatic rings. The Morgan fingerprint density at radius 2 is 1.71 bits per heavy atom. The predicted octanol–water partition coefficient (Wildman–Crippen LogP) is 5.71. The van der Waals surface area contributed by atoms with Gasteiger partial charge >= 0.3 is 0 Å². The van der Waals surface area contributed by atoms with Crippen LogP contribution in [-0.4, -0.2) is 9.55 Å². The Morgan fingerprint density at radius 3 is 2.50 bits per heavy atom. The Balaban J connectivity index is 1.88. The van der Waals surface area contributed by atoms with Gasteiger partial charge in [-0.05, 0) is 36.8 Å². The number of fused-ring (bicyclic) bond motifs is 1. The standard InChI is InChI=1S/C21H17ClN2/c1-15-9-11-16(12-10-15)14-24-20-8-3-2-7-19(20)23-21(24)17-5-4-6-18(22)13-17/h2-13H,14H2,1H3. The molecule has 0 amide bonds. The molecule has 0 radical (unpaired) electrons. The van der Waals surface area contributed by atoms with Crippen molar-refractivity contribution in [2.75, 3.05) is 0 Å². The lowest BCUT2D eigenvalue weighted by Gasteiger charge is -2.10. The van der Waals surface area contributed by atoms with Crippen LogP contribution in [0.5, 0.6) is 0 Å². The fourth-order valence-electron chi connectivity index (χ4n) is 2.96. The average Bonchev–Trinajstić information content (AvgIpc) is 2.96. The molecule has 0 aliphatic carbocycles. The Morgan fingerprint density at radius 1 is 0.917 bits per heavy atom. The summed E-state index contributed by atoms with van der Waals surface area (Å²) < 4.78 is 2.26. The second kappa shape index (κ2) is 6.14. The number of imidazole rings is 1. The van der Waals surface area contributed by atoms with Gasteiger partial charge in [0.05, 0.1) is 11.0 Å². The summed E-state index contributed by atoms with van der Waals surface area (Å²) in [6.07, 6.45) is 0. The maximum Gasteiger partial charge on any atom is 0.141 e. The smallest absolute Gasteiger partial charge is 0.141 e. The van der Waals surface area contributed by atoms with Crippen molar-refractivity contribution in [3.05, 3.63) is 88.9 Å². The first-order valence-corrected chi connectivity index (χ1v) is 8.35.